The van der Waals surface area contributed by atoms with E-state index in [-0.39, 0.29) is 16.9 Å². The Morgan fingerprint density at radius 3 is 2.47 bits per heavy atom. The smallest absolute Gasteiger partial charge is 0.349 e. The lowest BCUT2D eigenvalue weighted by Gasteiger charge is -2.06. The van der Waals surface area contributed by atoms with Crippen LogP contribution >= 0.6 is 0 Å². The number of fused-ring (bicyclic) bond motifs is 1. The van der Waals surface area contributed by atoms with Gasteiger partial charge in [0.05, 0.1) is 6.61 Å². The second-order valence-electron chi connectivity index (χ2n) is 7.07. The van der Waals surface area contributed by atoms with Crippen LogP contribution in [0.3, 0.4) is 0 Å². The topological polar surface area (TPSA) is 94.8 Å². The number of hydrogen-bond donors (Lipinski definition) is 1. The summed E-state index contributed by atoms with van der Waals surface area (Å²) in [6.07, 6.45) is 4.63. The molecular formula is C25H25NO6. The van der Waals surface area contributed by atoms with Crippen molar-refractivity contribution in [3.63, 3.8) is 0 Å². The summed E-state index contributed by atoms with van der Waals surface area (Å²) < 4.78 is 16.1. The Morgan fingerprint density at radius 2 is 1.75 bits per heavy atom. The normalized spacial score (nSPS) is 10.9. The van der Waals surface area contributed by atoms with E-state index in [9.17, 15) is 14.4 Å². The Kier molecular flexibility index (Phi) is 7.80. The Labute approximate surface area is 185 Å². The van der Waals surface area contributed by atoms with Crippen molar-refractivity contribution in [3.05, 3.63) is 76.2 Å². The van der Waals surface area contributed by atoms with E-state index < -0.39 is 17.5 Å². The van der Waals surface area contributed by atoms with E-state index in [1.807, 2.05) is 38.1 Å². The summed E-state index contributed by atoms with van der Waals surface area (Å²) in [6, 6.07) is 13.5. The fourth-order valence-corrected chi connectivity index (χ4v) is 2.86. The van der Waals surface area contributed by atoms with Crippen molar-refractivity contribution in [3.8, 4) is 11.5 Å². The summed E-state index contributed by atoms with van der Waals surface area (Å²) in [7, 11) is 0. The molecule has 0 unspecified atom stereocenters. The van der Waals surface area contributed by atoms with Crippen molar-refractivity contribution in [1.82, 2.24) is 5.32 Å². The van der Waals surface area contributed by atoms with E-state index in [0.29, 0.717) is 18.5 Å². The quantitative estimate of drug-likeness (QED) is 0.233. The first kappa shape index (κ1) is 22.8. The third-order valence-corrected chi connectivity index (χ3v) is 4.47. The van der Waals surface area contributed by atoms with Crippen LogP contribution in [0.4, 0.5) is 0 Å². The average molecular weight is 435 g/mol. The van der Waals surface area contributed by atoms with Crippen LogP contribution in [0.5, 0.6) is 11.5 Å². The van der Waals surface area contributed by atoms with Crippen LogP contribution in [-0.2, 0) is 4.79 Å². The molecule has 0 aliphatic rings. The van der Waals surface area contributed by atoms with Gasteiger partial charge in [-0.25, -0.2) is 9.59 Å². The van der Waals surface area contributed by atoms with Crippen LogP contribution in [0.1, 0.15) is 42.6 Å². The first-order chi connectivity index (χ1) is 15.5. The molecule has 0 saturated heterocycles. The van der Waals surface area contributed by atoms with Crippen LogP contribution in [0.2, 0.25) is 0 Å². The number of nitrogens with one attached hydrogen (secondary N) is 1. The lowest BCUT2D eigenvalue weighted by molar-refractivity contribution is -0.128. The minimum atomic E-state index is -0.749. The van der Waals surface area contributed by atoms with E-state index in [2.05, 4.69) is 5.32 Å². The Hall–Kier alpha value is -3.87. The zero-order valence-corrected chi connectivity index (χ0v) is 18.1. The molecule has 7 nitrogen and oxygen atoms in total. The first-order valence-electron chi connectivity index (χ1n) is 10.5. The molecule has 1 heterocycles. The minimum Gasteiger partial charge on any atom is -0.494 e. The number of esters is 1. The van der Waals surface area contributed by atoms with Crippen LogP contribution in [0, 0.1) is 0 Å². The van der Waals surface area contributed by atoms with Crippen LogP contribution < -0.4 is 20.4 Å². The number of amides is 1. The second kappa shape index (κ2) is 10.9. The maximum absolute atomic E-state index is 12.2. The van der Waals surface area contributed by atoms with E-state index in [4.69, 9.17) is 13.9 Å². The fourth-order valence-electron chi connectivity index (χ4n) is 2.86. The molecule has 0 radical (unpaired) electrons. The van der Waals surface area contributed by atoms with Gasteiger partial charge in [-0.3, -0.25) is 4.79 Å². The largest absolute Gasteiger partial charge is 0.494 e. The maximum Gasteiger partial charge on any atom is 0.349 e. The number of benzene rings is 2. The third kappa shape index (κ3) is 6.07. The molecule has 0 aliphatic heterocycles. The van der Waals surface area contributed by atoms with Crippen LogP contribution in [-0.4, -0.2) is 25.0 Å². The molecule has 1 N–H and O–H groups in total. The minimum absolute atomic E-state index is 0.0651. The van der Waals surface area contributed by atoms with E-state index in [1.54, 1.807) is 18.2 Å². The lowest BCUT2D eigenvalue weighted by Crippen LogP contribution is -2.28. The number of carbonyl (C=O) groups excluding carboxylic acids is 2. The SMILES string of the molecule is CCCNC(=O)c1cc2ccc(OC(=O)/C=C/c3ccc(OCCC)cc3)cc2oc1=O. The van der Waals surface area contributed by atoms with Gasteiger partial charge in [0.25, 0.3) is 5.91 Å². The number of carbonyl (C=O) groups is 2. The molecule has 1 aromatic heterocycles. The highest BCUT2D eigenvalue weighted by molar-refractivity contribution is 5.97. The van der Waals surface area contributed by atoms with Crippen molar-refractivity contribution in [2.24, 2.45) is 0 Å². The van der Waals surface area contributed by atoms with Gasteiger partial charge in [0.15, 0.2) is 0 Å². The van der Waals surface area contributed by atoms with Gasteiger partial charge in [0, 0.05) is 24.1 Å². The van der Waals surface area contributed by atoms with Crippen molar-refractivity contribution in [1.29, 1.82) is 0 Å². The summed E-state index contributed by atoms with van der Waals surface area (Å²) in [5, 5.41) is 3.20. The molecule has 1 amide bonds. The van der Waals surface area contributed by atoms with Gasteiger partial charge in [0.1, 0.15) is 22.6 Å². The van der Waals surface area contributed by atoms with Gasteiger partial charge >= 0.3 is 11.6 Å². The highest BCUT2D eigenvalue weighted by Crippen LogP contribution is 2.21. The Balaban J connectivity index is 1.67. The molecule has 0 fully saturated rings. The van der Waals surface area contributed by atoms with Crippen molar-refractivity contribution in [2.75, 3.05) is 13.2 Å². The van der Waals surface area contributed by atoms with Gasteiger partial charge in [-0.1, -0.05) is 26.0 Å². The number of ether oxygens (including phenoxy) is 2. The first-order valence-corrected chi connectivity index (χ1v) is 10.5. The van der Waals surface area contributed by atoms with Gasteiger partial charge in [0.2, 0.25) is 0 Å². The van der Waals surface area contributed by atoms with Crippen molar-refractivity contribution >= 4 is 28.9 Å². The third-order valence-electron chi connectivity index (χ3n) is 4.47. The molecule has 3 aromatic rings. The molecule has 0 atom stereocenters. The predicted molar refractivity (Wildman–Crippen MR) is 122 cm³/mol. The van der Waals surface area contributed by atoms with Crippen molar-refractivity contribution in [2.45, 2.75) is 26.7 Å². The molecule has 0 spiro atoms. The van der Waals surface area contributed by atoms with E-state index in [1.165, 1.54) is 18.2 Å². The fraction of sp³-hybridized carbons (Fsp3) is 0.240. The van der Waals surface area contributed by atoms with E-state index in [0.717, 1.165) is 24.2 Å². The zero-order valence-electron chi connectivity index (χ0n) is 18.1. The molecule has 0 aliphatic carbocycles. The molecule has 0 saturated carbocycles. The van der Waals surface area contributed by atoms with Crippen molar-refractivity contribution < 1.29 is 23.5 Å². The zero-order chi connectivity index (χ0) is 22.9. The average Bonchev–Trinajstić information content (AvgIpc) is 2.80. The molecule has 166 valence electrons. The summed E-state index contributed by atoms with van der Waals surface area (Å²) in [5.74, 6) is -0.0568. The summed E-state index contributed by atoms with van der Waals surface area (Å²) in [6.45, 7) is 5.08. The molecular weight excluding hydrogens is 410 g/mol. The number of hydrogen-bond acceptors (Lipinski definition) is 6. The van der Waals surface area contributed by atoms with Gasteiger partial charge < -0.3 is 19.2 Å². The second-order valence-corrected chi connectivity index (χ2v) is 7.07. The summed E-state index contributed by atoms with van der Waals surface area (Å²) in [5.41, 5.74) is 0.230. The standard InChI is InChI=1S/C25H25NO6/c1-3-13-26-24(28)21-15-18-8-11-20(16-22(18)32-25(21)29)31-23(27)12-7-17-5-9-19(10-6-17)30-14-4-2/h5-12,15-16H,3-4,13-14H2,1-2H3,(H,26,28)/b12-7+. The Bertz CT molecular complexity index is 1180. The lowest BCUT2D eigenvalue weighted by atomic mass is 10.1. The van der Waals surface area contributed by atoms with Crippen LogP contribution in [0.15, 0.2) is 63.8 Å². The molecule has 7 heteroatoms. The highest BCUT2D eigenvalue weighted by atomic mass is 16.5. The van der Waals surface area contributed by atoms with E-state index >= 15 is 0 Å². The molecule has 2 aromatic carbocycles. The maximum atomic E-state index is 12.2. The summed E-state index contributed by atoms with van der Waals surface area (Å²) in [4.78, 5) is 36.4. The predicted octanol–water partition coefficient (Wildman–Crippen LogP) is 4.34. The van der Waals surface area contributed by atoms with Gasteiger partial charge in [-0.2, -0.15) is 0 Å². The molecule has 32 heavy (non-hydrogen) atoms. The highest BCUT2D eigenvalue weighted by Gasteiger charge is 2.14. The van der Waals surface area contributed by atoms with Crippen LogP contribution in [0.25, 0.3) is 17.0 Å². The van der Waals surface area contributed by atoms with Gasteiger partial charge in [-0.05, 0) is 54.8 Å². The molecule has 3 rings (SSSR count). The van der Waals surface area contributed by atoms with Gasteiger partial charge in [-0.15, -0.1) is 0 Å². The monoisotopic (exact) mass is 435 g/mol. The number of rotatable bonds is 9. The molecule has 0 bridgehead atoms. The summed E-state index contributed by atoms with van der Waals surface area (Å²) >= 11 is 0. The Morgan fingerprint density at radius 1 is 1.00 bits per heavy atom.